The summed E-state index contributed by atoms with van der Waals surface area (Å²) < 4.78 is 0. The number of primary amides is 1. The van der Waals surface area contributed by atoms with Gasteiger partial charge in [0.15, 0.2) is 0 Å². The Labute approximate surface area is 408 Å². The Kier molecular flexibility index (Phi) is 28.3. The second-order valence-corrected chi connectivity index (χ2v) is 16.5. The van der Waals surface area contributed by atoms with Crippen molar-refractivity contribution in [3.8, 4) is 0 Å². The summed E-state index contributed by atoms with van der Waals surface area (Å²) in [5.41, 5.74) is 16.2. The summed E-state index contributed by atoms with van der Waals surface area (Å²) in [5, 5.41) is 43.7. The van der Waals surface area contributed by atoms with E-state index in [0.29, 0.717) is 12.8 Å². The van der Waals surface area contributed by atoms with Gasteiger partial charge in [0.25, 0.3) is 0 Å². The van der Waals surface area contributed by atoms with Crippen LogP contribution in [0, 0.1) is 0 Å². The van der Waals surface area contributed by atoms with E-state index < -0.39 is 162 Å². The standard InChI is InChI=1S/C41H70N14O16/c1-17(32(62)46-19(3)34(64)48-21(5)36(66)50-23(7)38(68)55-28(16-30(59)60)41(71)54-27(31(44)61)15-29(57)58)45-33(63)18(2)47-35(65)20(4)49-37(67)22(6)51-39(69)26(12-10-14-43)53-40(70)25(11-9-13-42)52-24(8)56/h17-23,25-28H,9-16,42-43H2,1-8H3,(H2,44,61)(H,45,63)(H,46,62)(H,47,65)(H,48,64)(H,49,67)(H,50,66)(H,51,69)(H,52,56)(H,53,70)(H,54,71)(H,55,68)(H,57,58)(H,59,60)/t17-,18-,19-,20-,21-,22-,23-,25-,26-,27-,28-/m0/s1. The molecule has 0 aromatic rings. The summed E-state index contributed by atoms with van der Waals surface area (Å²) in [6.45, 7) is 10.4. The minimum Gasteiger partial charge on any atom is -0.481 e. The zero-order valence-electron chi connectivity index (χ0n) is 40.8. The monoisotopic (exact) mass is 1010 g/mol. The van der Waals surface area contributed by atoms with E-state index in [9.17, 15) is 72.2 Å². The van der Waals surface area contributed by atoms with E-state index in [-0.39, 0.29) is 25.9 Å². The first-order valence-corrected chi connectivity index (χ1v) is 22.4. The summed E-state index contributed by atoms with van der Waals surface area (Å²) in [6.07, 6.45) is -0.899. The molecule has 0 unspecified atom stereocenters. The predicted octanol–water partition coefficient (Wildman–Crippen LogP) is -7.61. The van der Waals surface area contributed by atoms with Crippen LogP contribution in [-0.4, -0.2) is 173 Å². The lowest BCUT2D eigenvalue weighted by atomic mass is 10.1. The molecule has 19 N–H and O–H groups in total. The van der Waals surface area contributed by atoms with Crippen molar-refractivity contribution >= 4 is 82.8 Å². The SMILES string of the molecule is CC(=O)N[C@@H](CCCN)C(=O)N[C@@H](CCCN)C(=O)N[C@@H](C)C(=O)N[C@@H](C)C(=O)N[C@@H](C)C(=O)N[C@@H](C)C(=O)N[C@@H](C)C(=O)N[C@@H](C)C(=O)N[C@@H](C)C(=O)N[C@@H](CC(=O)O)C(=O)N[C@@H](CC(=O)O)C(N)=O. The molecule has 11 atom stereocenters. The van der Waals surface area contributed by atoms with Crippen LogP contribution < -0.4 is 75.7 Å². The number of amides is 12. The lowest BCUT2D eigenvalue weighted by Gasteiger charge is -2.25. The highest BCUT2D eigenvalue weighted by Crippen LogP contribution is 2.04. The van der Waals surface area contributed by atoms with Crippen molar-refractivity contribution in [1.29, 1.82) is 0 Å². The highest BCUT2D eigenvalue weighted by atomic mass is 16.4. The van der Waals surface area contributed by atoms with Gasteiger partial charge < -0.3 is 85.9 Å². The Bertz CT molecular complexity index is 1970. The average molecular weight is 1020 g/mol. The fourth-order valence-corrected chi connectivity index (χ4v) is 5.85. The number of rotatable bonds is 32. The number of carbonyl (C=O) groups is 14. The highest BCUT2D eigenvalue weighted by molar-refractivity contribution is 5.99. The van der Waals surface area contributed by atoms with Crippen molar-refractivity contribution in [2.45, 2.75) is 160 Å². The van der Waals surface area contributed by atoms with Crippen LogP contribution in [0.3, 0.4) is 0 Å². The molecule has 0 heterocycles. The number of hydrogen-bond acceptors (Lipinski definition) is 16. The van der Waals surface area contributed by atoms with Crippen molar-refractivity contribution in [3.05, 3.63) is 0 Å². The van der Waals surface area contributed by atoms with Gasteiger partial charge >= 0.3 is 11.9 Å². The predicted molar refractivity (Wildman–Crippen MR) is 247 cm³/mol. The quantitative estimate of drug-likeness (QED) is 0.0298. The number of nitrogens with two attached hydrogens (primary N) is 3. The zero-order valence-corrected chi connectivity index (χ0v) is 40.8. The molecule has 12 amide bonds. The van der Waals surface area contributed by atoms with Gasteiger partial charge in [-0.1, -0.05) is 0 Å². The summed E-state index contributed by atoms with van der Waals surface area (Å²) >= 11 is 0. The van der Waals surface area contributed by atoms with Crippen molar-refractivity contribution in [2.24, 2.45) is 17.2 Å². The molecule has 0 aromatic carbocycles. The van der Waals surface area contributed by atoms with E-state index in [1.54, 1.807) is 0 Å². The molecule has 0 fully saturated rings. The summed E-state index contributed by atoms with van der Waals surface area (Å²) in [5.74, 6) is -13.7. The van der Waals surface area contributed by atoms with Crippen LogP contribution in [0.25, 0.3) is 0 Å². The smallest absolute Gasteiger partial charge is 0.305 e. The fraction of sp³-hybridized carbons (Fsp3) is 0.659. The first-order valence-electron chi connectivity index (χ1n) is 22.4. The van der Waals surface area contributed by atoms with Gasteiger partial charge in [-0.25, -0.2) is 0 Å². The van der Waals surface area contributed by atoms with Crippen molar-refractivity contribution in [3.63, 3.8) is 0 Å². The average Bonchev–Trinajstić information content (AvgIpc) is 3.27. The molecule has 0 aliphatic carbocycles. The second-order valence-electron chi connectivity index (χ2n) is 16.5. The lowest BCUT2D eigenvalue weighted by Crippen LogP contribution is -2.59. The number of carboxylic acids is 2. The van der Waals surface area contributed by atoms with Crippen LogP contribution >= 0.6 is 0 Å². The Morgan fingerprint density at radius 1 is 0.352 bits per heavy atom. The summed E-state index contributed by atoms with van der Waals surface area (Å²) in [6, 6.07) is -14.8. The van der Waals surface area contributed by atoms with Crippen LogP contribution in [0.15, 0.2) is 0 Å². The molecule has 0 saturated heterocycles. The largest absolute Gasteiger partial charge is 0.481 e. The van der Waals surface area contributed by atoms with Gasteiger partial charge in [0, 0.05) is 6.92 Å². The van der Waals surface area contributed by atoms with E-state index in [2.05, 4.69) is 53.2 Å². The third kappa shape index (κ3) is 24.6. The minimum absolute atomic E-state index is 0.102. The Hall–Kier alpha value is -7.50. The first-order chi connectivity index (χ1) is 32.9. The maximum atomic E-state index is 13.2. The van der Waals surface area contributed by atoms with E-state index in [1.165, 1.54) is 48.5 Å². The van der Waals surface area contributed by atoms with Gasteiger partial charge in [0.1, 0.15) is 66.5 Å². The molecule has 400 valence electrons. The molecule has 0 spiro atoms. The molecule has 30 heteroatoms. The van der Waals surface area contributed by atoms with Gasteiger partial charge in [-0.2, -0.15) is 0 Å². The normalized spacial score (nSPS) is 15.4. The molecule has 30 nitrogen and oxygen atoms in total. The molecule has 0 aromatic heterocycles. The molecular weight excluding hydrogens is 945 g/mol. The number of nitrogens with one attached hydrogen (secondary N) is 11. The van der Waals surface area contributed by atoms with Crippen LogP contribution in [0.4, 0.5) is 0 Å². The van der Waals surface area contributed by atoms with Crippen molar-refractivity contribution < 1.29 is 77.3 Å². The third-order valence-corrected chi connectivity index (χ3v) is 10.0. The minimum atomic E-state index is -1.84. The van der Waals surface area contributed by atoms with Crippen molar-refractivity contribution in [1.82, 2.24) is 58.5 Å². The third-order valence-electron chi connectivity index (χ3n) is 10.0. The maximum Gasteiger partial charge on any atom is 0.305 e. The molecule has 0 rings (SSSR count). The van der Waals surface area contributed by atoms with Crippen LogP contribution in [0.5, 0.6) is 0 Å². The zero-order chi connectivity index (χ0) is 54.9. The van der Waals surface area contributed by atoms with Gasteiger partial charge in [-0.15, -0.1) is 0 Å². The number of hydrogen-bond donors (Lipinski definition) is 16. The van der Waals surface area contributed by atoms with Gasteiger partial charge in [0.2, 0.25) is 70.9 Å². The number of aliphatic carboxylic acids is 2. The van der Waals surface area contributed by atoms with Crippen molar-refractivity contribution in [2.75, 3.05) is 13.1 Å². The Balaban J connectivity index is 5.25. The summed E-state index contributed by atoms with van der Waals surface area (Å²) in [4.78, 5) is 174. The molecule has 0 aliphatic heterocycles. The second kappa shape index (κ2) is 31.6. The number of carbonyl (C=O) groups excluding carboxylic acids is 12. The van der Waals surface area contributed by atoms with E-state index in [1.807, 2.05) is 5.32 Å². The highest BCUT2D eigenvalue weighted by Gasteiger charge is 2.33. The first kappa shape index (κ1) is 63.5. The van der Waals surface area contributed by atoms with Gasteiger partial charge in [0.05, 0.1) is 12.8 Å². The fourth-order valence-electron chi connectivity index (χ4n) is 5.85. The molecular formula is C41H70N14O16. The molecule has 71 heavy (non-hydrogen) atoms. The molecule has 0 aliphatic rings. The Morgan fingerprint density at radius 2 is 0.577 bits per heavy atom. The van der Waals surface area contributed by atoms with E-state index >= 15 is 0 Å². The maximum absolute atomic E-state index is 13.2. The van der Waals surface area contributed by atoms with Gasteiger partial charge in [-0.3, -0.25) is 67.1 Å². The van der Waals surface area contributed by atoms with Gasteiger partial charge in [-0.05, 0) is 87.2 Å². The lowest BCUT2D eigenvalue weighted by molar-refractivity contribution is -0.143. The molecule has 0 radical (unpaired) electrons. The molecule has 0 bridgehead atoms. The van der Waals surface area contributed by atoms with Crippen LogP contribution in [0.2, 0.25) is 0 Å². The Morgan fingerprint density at radius 3 is 0.859 bits per heavy atom. The topological polar surface area (TPSA) is 490 Å². The van der Waals surface area contributed by atoms with E-state index in [4.69, 9.17) is 22.3 Å². The summed E-state index contributed by atoms with van der Waals surface area (Å²) in [7, 11) is 0. The van der Waals surface area contributed by atoms with Crippen LogP contribution in [-0.2, 0) is 67.1 Å². The molecule has 0 saturated carbocycles. The number of carboxylic acid groups (broad SMARTS) is 2. The van der Waals surface area contributed by atoms with Crippen LogP contribution in [0.1, 0.15) is 93.9 Å². The van der Waals surface area contributed by atoms with E-state index in [0.717, 1.165) is 6.92 Å².